The second-order valence-corrected chi connectivity index (χ2v) is 6.26. The molecule has 6 heteroatoms. The first-order valence-electron chi connectivity index (χ1n) is 8.38. The zero-order valence-electron chi connectivity index (χ0n) is 15.1. The highest BCUT2D eigenvalue weighted by molar-refractivity contribution is 5.98. The Morgan fingerprint density at radius 2 is 1.69 bits per heavy atom. The smallest absolute Gasteiger partial charge is 0.230 e. The first kappa shape index (κ1) is 17.8. The van der Waals surface area contributed by atoms with Gasteiger partial charge in [0.15, 0.2) is 0 Å². The van der Waals surface area contributed by atoms with Crippen LogP contribution in [0.25, 0.3) is 0 Å². The van der Waals surface area contributed by atoms with E-state index in [9.17, 15) is 9.59 Å². The Bertz CT molecular complexity index is 784. The topological polar surface area (TPSA) is 67.9 Å². The van der Waals surface area contributed by atoms with Crippen LogP contribution >= 0.6 is 0 Å². The molecule has 2 aromatic rings. The number of ether oxygens (including phenoxy) is 2. The third kappa shape index (κ3) is 3.49. The number of likely N-dealkylation sites (tertiary alicyclic amines) is 1. The molecule has 2 atom stereocenters. The summed E-state index contributed by atoms with van der Waals surface area (Å²) < 4.78 is 10.5. The molecule has 1 saturated heterocycles. The molecular weight excluding hydrogens is 332 g/mol. The van der Waals surface area contributed by atoms with Crippen molar-refractivity contribution in [3.63, 3.8) is 0 Å². The number of nitrogens with one attached hydrogen (secondary N) is 1. The molecule has 2 amide bonds. The van der Waals surface area contributed by atoms with Crippen LogP contribution in [0.3, 0.4) is 0 Å². The van der Waals surface area contributed by atoms with E-state index in [0.717, 1.165) is 5.56 Å². The molecule has 0 saturated carbocycles. The average Bonchev–Trinajstić information content (AvgIpc) is 2.97. The molecule has 6 nitrogen and oxygen atoms in total. The van der Waals surface area contributed by atoms with E-state index in [2.05, 4.69) is 5.32 Å². The van der Waals surface area contributed by atoms with Crippen LogP contribution in [-0.4, -0.2) is 38.0 Å². The van der Waals surface area contributed by atoms with Gasteiger partial charge in [0.1, 0.15) is 11.5 Å². The molecule has 0 bridgehead atoms. The van der Waals surface area contributed by atoms with E-state index in [0.29, 0.717) is 17.2 Å². The number of methoxy groups -OCH3 is 2. The molecular formula is C20H22N2O4. The third-order valence-electron chi connectivity index (χ3n) is 4.68. The molecule has 0 aliphatic carbocycles. The van der Waals surface area contributed by atoms with E-state index in [-0.39, 0.29) is 24.3 Å². The minimum atomic E-state index is -0.466. The number of carbonyl (C=O) groups is 2. The van der Waals surface area contributed by atoms with E-state index < -0.39 is 5.92 Å². The van der Waals surface area contributed by atoms with Gasteiger partial charge in [-0.15, -0.1) is 0 Å². The first-order valence-corrected chi connectivity index (χ1v) is 8.38. The van der Waals surface area contributed by atoms with Crippen LogP contribution in [0.4, 0.5) is 5.69 Å². The molecule has 0 unspecified atom stereocenters. The van der Waals surface area contributed by atoms with E-state index in [1.54, 1.807) is 44.4 Å². The highest BCUT2D eigenvalue weighted by atomic mass is 16.5. The Hall–Kier alpha value is -3.02. The lowest BCUT2D eigenvalue weighted by molar-refractivity contribution is -0.127. The van der Waals surface area contributed by atoms with Crippen molar-refractivity contribution in [2.45, 2.75) is 12.5 Å². The van der Waals surface area contributed by atoms with Crippen molar-refractivity contribution in [3.05, 3.63) is 54.1 Å². The predicted octanol–water partition coefficient (Wildman–Crippen LogP) is 2.86. The minimum Gasteiger partial charge on any atom is -0.497 e. The maximum atomic E-state index is 12.9. The van der Waals surface area contributed by atoms with E-state index in [1.165, 1.54) is 0 Å². The molecule has 2 aromatic carbocycles. The SMILES string of the molecule is COc1cc(NC(=O)[C@@H]2CC(=O)N(C)[C@H]2c2ccccc2)cc(OC)c1. The van der Waals surface area contributed by atoms with Crippen LogP contribution < -0.4 is 14.8 Å². The number of rotatable bonds is 5. The quantitative estimate of drug-likeness (QED) is 0.896. The summed E-state index contributed by atoms with van der Waals surface area (Å²) in [6, 6.07) is 14.5. The number of anilines is 1. The molecule has 3 rings (SSSR count). The maximum Gasteiger partial charge on any atom is 0.230 e. The van der Waals surface area contributed by atoms with Gasteiger partial charge in [0.25, 0.3) is 0 Å². The lowest BCUT2D eigenvalue weighted by Crippen LogP contribution is -2.30. The fraction of sp³-hybridized carbons (Fsp3) is 0.300. The van der Waals surface area contributed by atoms with Crippen molar-refractivity contribution in [3.8, 4) is 11.5 Å². The summed E-state index contributed by atoms with van der Waals surface area (Å²) in [5, 5.41) is 2.90. The Kier molecular flexibility index (Phi) is 5.11. The molecule has 1 aliphatic rings. The normalized spacial score (nSPS) is 19.3. The van der Waals surface area contributed by atoms with Gasteiger partial charge in [0.2, 0.25) is 11.8 Å². The van der Waals surface area contributed by atoms with E-state index in [1.807, 2.05) is 30.3 Å². The molecule has 0 aromatic heterocycles. The molecule has 0 radical (unpaired) electrons. The summed E-state index contributed by atoms with van der Waals surface area (Å²) in [4.78, 5) is 26.8. The number of benzene rings is 2. The number of nitrogens with zero attached hydrogens (tertiary/aromatic N) is 1. The monoisotopic (exact) mass is 354 g/mol. The van der Waals surface area contributed by atoms with Gasteiger partial charge >= 0.3 is 0 Å². The lowest BCUT2D eigenvalue weighted by Gasteiger charge is -2.25. The van der Waals surface area contributed by atoms with E-state index in [4.69, 9.17) is 9.47 Å². The third-order valence-corrected chi connectivity index (χ3v) is 4.68. The van der Waals surface area contributed by atoms with Gasteiger partial charge in [0.05, 0.1) is 26.2 Å². The first-order chi connectivity index (χ1) is 12.5. The molecule has 136 valence electrons. The molecule has 0 spiro atoms. The fourth-order valence-corrected chi connectivity index (χ4v) is 3.33. The van der Waals surface area contributed by atoms with Gasteiger partial charge in [-0.3, -0.25) is 9.59 Å². The van der Waals surface area contributed by atoms with Gasteiger partial charge in [0, 0.05) is 37.4 Å². The number of carbonyl (C=O) groups excluding carboxylic acids is 2. The van der Waals surface area contributed by atoms with Crippen LogP contribution in [0, 0.1) is 5.92 Å². The van der Waals surface area contributed by atoms with Crippen molar-refractivity contribution in [2.75, 3.05) is 26.6 Å². The summed E-state index contributed by atoms with van der Waals surface area (Å²) in [6.45, 7) is 0. The van der Waals surface area contributed by atoms with E-state index >= 15 is 0 Å². The van der Waals surface area contributed by atoms with Crippen LogP contribution in [0.15, 0.2) is 48.5 Å². The minimum absolute atomic E-state index is 0.0396. The summed E-state index contributed by atoms with van der Waals surface area (Å²) in [5.41, 5.74) is 1.52. The highest BCUT2D eigenvalue weighted by Gasteiger charge is 2.42. The van der Waals surface area contributed by atoms with Crippen LogP contribution in [-0.2, 0) is 9.59 Å². The zero-order valence-corrected chi connectivity index (χ0v) is 15.1. The van der Waals surface area contributed by atoms with Crippen molar-refractivity contribution in [1.82, 2.24) is 4.90 Å². The van der Waals surface area contributed by atoms with Crippen molar-refractivity contribution in [2.24, 2.45) is 5.92 Å². The summed E-state index contributed by atoms with van der Waals surface area (Å²) in [7, 11) is 4.84. The second kappa shape index (κ2) is 7.47. The number of hydrogen-bond acceptors (Lipinski definition) is 4. The Labute approximate surface area is 152 Å². The molecule has 1 N–H and O–H groups in total. The van der Waals surface area contributed by atoms with Crippen LogP contribution in [0.1, 0.15) is 18.0 Å². The highest BCUT2D eigenvalue weighted by Crippen LogP contribution is 2.38. The lowest BCUT2D eigenvalue weighted by atomic mass is 9.93. The van der Waals surface area contributed by atoms with Crippen LogP contribution in [0.5, 0.6) is 11.5 Å². The predicted molar refractivity (Wildman–Crippen MR) is 98.2 cm³/mol. The molecule has 1 aliphatic heterocycles. The molecule has 1 fully saturated rings. The maximum absolute atomic E-state index is 12.9. The summed E-state index contributed by atoms with van der Waals surface area (Å²) in [6.07, 6.45) is 0.184. The second-order valence-electron chi connectivity index (χ2n) is 6.26. The molecule has 1 heterocycles. The van der Waals surface area contributed by atoms with Crippen molar-refractivity contribution >= 4 is 17.5 Å². The van der Waals surface area contributed by atoms with Crippen LogP contribution in [0.2, 0.25) is 0 Å². The van der Waals surface area contributed by atoms with Gasteiger partial charge < -0.3 is 19.7 Å². The largest absolute Gasteiger partial charge is 0.497 e. The Morgan fingerprint density at radius 3 is 2.27 bits per heavy atom. The van der Waals surface area contributed by atoms with Gasteiger partial charge in [-0.05, 0) is 5.56 Å². The number of amides is 2. The standard InChI is InChI=1S/C20H22N2O4/c1-22-18(23)12-17(19(22)13-7-5-4-6-8-13)20(24)21-14-9-15(25-2)11-16(10-14)26-3/h4-11,17,19H,12H2,1-3H3,(H,21,24)/t17-,19+/m1/s1. The average molecular weight is 354 g/mol. The van der Waals surface area contributed by atoms with Gasteiger partial charge in [-0.1, -0.05) is 30.3 Å². The van der Waals surface area contributed by atoms with Crippen molar-refractivity contribution in [1.29, 1.82) is 0 Å². The Balaban J connectivity index is 1.85. The summed E-state index contributed by atoms with van der Waals surface area (Å²) >= 11 is 0. The number of hydrogen-bond donors (Lipinski definition) is 1. The summed E-state index contributed by atoms with van der Waals surface area (Å²) in [5.74, 6) is 0.457. The fourth-order valence-electron chi connectivity index (χ4n) is 3.33. The van der Waals surface area contributed by atoms with Gasteiger partial charge in [-0.25, -0.2) is 0 Å². The molecule has 26 heavy (non-hydrogen) atoms. The van der Waals surface area contributed by atoms with Crippen molar-refractivity contribution < 1.29 is 19.1 Å². The van der Waals surface area contributed by atoms with Gasteiger partial charge in [-0.2, -0.15) is 0 Å². The Morgan fingerprint density at radius 1 is 1.08 bits per heavy atom. The zero-order chi connectivity index (χ0) is 18.7.